The minimum Gasteiger partial charge on any atom is -0.366 e. The van der Waals surface area contributed by atoms with Crippen LogP contribution in [-0.4, -0.2) is 19.6 Å². The Hall–Kier alpha value is -1.63. The topological polar surface area (TPSA) is 89.3 Å². The number of halogens is 1. The number of benzene rings is 1. The normalized spacial score (nSPS) is 11.5. The Morgan fingerprint density at radius 3 is 2.47 bits per heavy atom. The lowest BCUT2D eigenvalue weighted by atomic mass is 10.2. The average Bonchev–Trinajstić information content (AvgIpc) is 2.20. The first-order valence-electron chi connectivity index (χ1n) is 4.85. The summed E-state index contributed by atoms with van der Waals surface area (Å²) >= 11 is 0. The molecule has 0 fully saturated rings. The first-order chi connectivity index (χ1) is 7.74. The van der Waals surface area contributed by atoms with E-state index in [0.29, 0.717) is 0 Å². The van der Waals surface area contributed by atoms with Gasteiger partial charge in [0.25, 0.3) is 0 Å². The van der Waals surface area contributed by atoms with Gasteiger partial charge in [-0.3, -0.25) is 9.52 Å². The molecule has 5 nitrogen and oxygen atoms in total. The molecule has 0 saturated carbocycles. The van der Waals surface area contributed by atoms with Crippen LogP contribution >= 0.6 is 0 Å². The Kier molecular flexibility index (Phi) is 3.72. The monoisotopic (exact) mass is 260 g/mol. The Bertz CT molecular complexity index is 540. The van der Waals surface area contributed by atoms with Crippen molar-refractivity contribution in [2.24, 2.45) is 5.73 Å². The van der Waals surface area contributed by atoms with Gasteiger partial charge in [0.05, 0.1) is 10.9 Å². The predicted molar refractivity (Wildman–Crippen MR) is 62.6 cm³/mol. The van der Waals surface area contributed by atoms with Crippen molar-refractivity contribution < 1.29 is 17.6 Å². The van der Waals surface area contributed by atoms with Crippen LogP contribution in [0.4, 0.5) is 10.1 Å². The van der Waals surface area contributed by atoms with Crippen LogP contribution in [0.3, 0.4) is 0 Å². The maximum atomic E-state index is 13.3. The molecule has 0 aliphatic rings. The van der Waals surface area contributed by atoms with Gasteiger partial charge in [0.1, 0.15) is 5.82 Å². The number of hydrogen-bond donors (Lipinski definition) is 2. The molecule has 0 aromatic heterocycles. The molecule has 0 bridgehead atoms. The molecule has 0 atom stereocenters. The minimum atomic E-state index is -3.66. The lowest BCUT2D eigenvalue weighted by Gasteiger charge is -2.11. The highest BCUT2D eigenvalue weighted by atomic mass is 32.2. The third-order valence-electron chi connectivity index (χ3n) is 2.12. The van der Waals surface area contributed by atoms with Gasteiger partial charge in [-0.15, -0.1) is 0 Å². The van der Waals surface area contributed by atoms with Gasteiger partial charge >= 0.3 is 0 Å². The van der Waals surface area contributed by atoms with Crippen molar-refractivity contribution in [2.75, 3.05) is 4.72 Å². The van der Waals surface area contributed by atoms with Crippen molar-refractivity contribution in [2.45, 2.75) is 19.1 Å². The largest absolute Gasteiger partial charge is 0.366 e. The summed E-state index contributed by atoms with van der Waals surface area (Å²) in [6, 6.07) is 3.24. The number of primary amides is 1. The van der Waals surface area contributed by atoms with E-state index in [2.05, 4.69) is 4.72 Å². The zero-order chi connectivity index (χ0) is 13.2. The highest BCUT2D eigenvalue weighted by Gasteiger charge is 2.18. The van der Waals surface area contributed by atoms with Gasteiger partial charge in [0.2, 0.25) is 15.9 Å². The lowest BCUT2D eigenvalue weighted by Crippen LogP contribution is -2.23. The SMILES string of the molecule is CC(C)S(=O)(=O)Nc1cc(C(N)=O)ccc1F. The first-order valence-corrected chi connectivity index (χ1v) is 6.39. The number of anilines is 1. The number of nitrogens with one attached hydrogen (secondary N) is 1. The second-order valence-electron chi connectivity index (χ2n) is 3.75. The molecule has 0 spiro atoms. The van der Waals surface area contributed by atoms with E-state index in [4.69, 9.17) is 5.73 Å². The summed E-state index contributed by atoms with van der Waals surface area (Å²) < 4.78 is 38.5. The molecule has 1 rings (SSSR count). The molecule has 0 radical (unpaired) electrons. The molecule has 3 N–H and O–H groups in total. The average molecular weight is 260 g/mol. The summed E-state index contributed by atoms with van der Waals surface area (Å²) in [5.74, 6) is -1.52. The molecule has 1 amide bonds. The van der Waals surface area contributed by atoms with Crippen LogP contribution in [0, 0.1) is 5.82 Å². The van der Waals surface area contributed by atoms with E-state index >= 15 is 0 Å². The van der Waals surface area contributed by atoms with Crippen LogP contribution in [-0.2, 0) is 10.0 Å². The highest BCUT2D eigenvalue weighted by Crippen LogP contribution is 2.18. The number of carbonyl (C=O) groups excluding carboxylic acids is 1. The molecule has 7 heteroatoms. The summed E-state index contributed by atoms with van der Waals surface area (Å²) in [5, 5.41) is -0.709. The fraction of sp³-hybridized carbons (Fsp3) is 0.300. The summed E-state index contributed by atoms with van der Waals surface area (Å²) in [4.78, 5) is 10.9. The van der Waals surface area contributed by atoms with Crippen LogP contribution in [0.1, 0.15) is 24.2 Å². The predicted octanol–water partition coefficient (Wildman–Crippen LogP) is 1.07. The van der Waals surface area contributed by atoms with Crippen molar-refractivity contribution in [1.82, 2.24) is 0 Å². The van der Waals surface area contributed by atoms with E-state index in [0.717, 1.165) is 12.1 Å². The molecule has 0 aliphatic heterocycles. The molecule has 1 aromatic carbocycles. The molecule has 1 aromatic rings. The maximum absolute atomic E-state index is 13.3. The number of rotatable bonds is 4. The summed E-state index contributed by atoms with van der Waals surface area (Å²) in [6.07, 6.45) is 0. The summed E-state index contributed by atoms with van der Waals surface area (Å²) in [5.41, 5.74) is 4.77. The van der Waals surface area contributed by atoms with Gasteiger partial charge in [0, 0.05) is 5.56 Å². The molecular formula is C10H13FN2O3S. The zero-order valence-electron chi connectivity index (χ0n) is 9.40. The maximum Gasteiger partial charge on any atom is 0.248 e. The highest BCUT2D eigenvalue weighted by molar-refractivity contribution is 7.93. The fourth-order valence-corrected chi connectivity index (χ4v) is 1.73. The molecule has 0 aliphatic carbocycles. The van der Waals surface area contributed by atoms with Gasteiger partial charge in [-0.05, 0) is 32.0 Å². The molecule has 0 heterocycles. The van der Waals surface area contributed by atoms with Crippen LogP contribution in [0.15, 0.2) is 18.2 Å². The number of nitrogens with two attached hydrogens (primary N) is 1. The Morgan fingerprint density at radius 2 is 2.00 bits per heavy atom. The first kappa shape index (κ1) is 13.4. The zero-order valence-corrected chi connectivity index (χ0v) is 10.2. The van der Waals surface area contributed by atoms with Crippen molar-refractivity contribution in [1.29, 1.82) is 0 Å². The van der Waals surface area contributed by atoms with E-state index in [1.54, 1.807) is 0 Å². The van der Waals surface area contributed by atoms with Crippen molar-refractivity contribution in [3.8, 4) is 0 Å². The number of carbonyl (C=O) groups is 1. The van der Waals surface area contributed by atoms with E-state index in [9.17, 15) is 17.6 Å². The number of amides is 1. The Morgan fingerprint density at radius 1 is 1.41 bits per heavy atom. The van der Waals surface area contributed by atoms with Gasteiger partial charge in [0.15, 0.2) is 0 Å². The molecular weight excluding hydrogens is 247 g/mol. The Balaban J connectivity index is 3.15. The van der Waals surface area contributed by atoms with E-state index in [1.165, 1.54) is 19.9 Å². The molecule has 17 heavy (non-hydrogen) atoms. The van der Waals surface area contributed by atoms with Gasteiger partial charge in [-0.2, -0.15) is 0 Å². The van der Waals surface area contributed by atoms with E-state index < -0.39 is 27.0 Å². The quantitative estimate of drug-likeness (QED) is 0.848. The van der Waals surface area contributed by atoms with Crippen LogP contribution in [0.2, 0.25) is 0 Å². The van der Waals surface area contributed by atoms with Gasteiger partial charge < -0.3 is 5.73 Å². The third-order valence-corrected chi connectivity index (χ3v) is 3.87. The molecule has 0 unspecified atom stereocenters. The van der Waals surface area contributed by atoms with Crippen LogP contribution in [0.25, 0.3) is 0 Å². The Labute approximate surface area is 98.9 Å². The van der Waals surface area contributed by atoms with Crippen LogP contribution < -0.4 is 10.5 Å². The van der Waals surface area contributed by atoms with Crippen molar-refractivity contribution >= 4 is 21.6 Å². The van der Waals surface area contributed by atoms with Crippen LogP contribution in [0.5, 0.6) is 0 Å². The summed E-state index contributed by atoms with van der Waals surface area (Å²) in [7, 11) is -3.66. The number of hydrogen-bond acceptors (Lipinski definition) is 3. The second-order valence-corrected chi connectivity index (χ2v) is 5.99. The standard InChI is InChI=1S/C10H13FN2O3S/c1-6(2)17(15,16)13-9-5-7(10(12)14)3-4-8(9)11/h3-6,13H,1-2H3,(H2,12,14). The smallest absolute Gasteiger partial charge is 0.248 e. The molecule has 94 valence electrons. The van der Waals surface area contributed by atoms with Crippen molar-refractivity contribution in [3.63, 3.8) is 0 Å². The molecule has 0 saturated heterocycles. The van der Waals surface area contributed by atoms with Gasteiger partial charge in [-0.25, -0.2) is 12.8 Å². The fourth-order valence-electron chi connectivity index (χ4n) is 1.03. The van der Waals surface area contributed by atoms with E-state index in [-0.39, 0.29) is 11.3 Å². The minimum absolute atomic E-state index is 0.0351. The van der Waals surface area contributed by atoms with E-state index in [1.807, 2.05) is 0 Å². The third kappa shape index (κ3) is 3.16. The summed E-state index contributed by atoms with van der Waals surface area (Å²) in [6.45, 7) is 2.91. The number of sulfonamides is 1. The van der Waals surface area contributed by atoms with Crippen molar-refractivity contribution in [3.05, 3.63) is 29.6 Å². The second kappa shape index (κ2) is 4.70. The lowest BCUT2D eigenvalue weighted by molar-refractivity contribution is 0.100. The van der Waals surface area contributed by atoms with Gasteiger partial charge in [-0.1, -0.05) is 0 Å².